The highest BCUT2D eigenvalue weighted by atomic mass is 32.2. The van der Waals surface area contributed by atoms with Crippen molar-refractivity contribution >= 4 is 10.0 Å². The number of aryl methyl sites for hydroxylation is 1. The topological polar surface area (TPSA) is 87.2 Å². The first-order chi connectivity index (χ1) is 11.0. The molecule has 3 rings (SSSR count). The molecule has 0 atom stereocenters. The molecule has 0 amide bonds. The fraction of sp³-hybridized carbons (Fsp3) is 0.375. The number of benzene rings is 1. The normalized spacial score (nSPS) is 16.2. The molecule has 2 aromatic rings. The second kappa shape index (κ2) is 6.14. The molecule has 0 bridgehead atoms. The number of hydrogen-bond donors (Lipinski definition) is 0. The lowest BCUT2D eigenvalue weighted by molar-refractivity contribution is 0.333. The zero-order chi connectivity index (χ0) is 16.4. The van der Waals surface area contributed by atoms with E-state index in [1.54, 1.807) is 12.1 Å². The number of nitrogens with zero attached hydrogens (tertiary/aromatic N) is 3. The summed E-state index contributed by atoms with van der Waals surface area (Å²) in [6.45, 7) is 2.85. The van der Waals surface area contributed by atoms with Crippen molar-refractivity contribution in [2.24, 2.45) is 0 Å². The van der Waals surface area contributed by atoms with Gasteiger partial charge in [0.05, 0.1) is 0 Å². The number of oxazole rings is 1. The quantitative estimate of drug-likeness (QED) is 0.863. The van der Waals surface area contributed by atoms with Gasteiger partial charge in [0.2, 0.25) is 5.89 Å². The minimum atomic E-state index is -3.82. The molecule has 7 heteroatoms. The Morgan fingerprint density at radius 2 is 1.83 bits per heavy atom. The Kier molecular flexibility index (Phi) is 4.20. The number of piperidine rings is 1. The van der Waals surface area contributed by atoms with E-state index >= 15 is 0 Å². The van der Waals surface area contributed by atoms with Gasteiger partial charge in [0.15, 0.2) is 5.69 Å². The second-order valence-electron chi connectivity index (χ2n) is 5.60. The summed E-state index contributed by atoms with van der Waals surface area (Å²) in [4.78, 5) is 4.06. The van der Waals surface area contributed by atoms with Crippen molar-refractivity contribution in [2.45, 2.75) is 31.3 Å². The van der Waals surface area contributed by atoms with Crippen LogP contribution in [0.3, 0.4) is 0 Å². The second-order valence-corrected chi connectivity index (χ2v) is 7.43. The molecule has 1 aliphatic heterocycles. The van der Waals surface area contributed by atoms with Crippen molar-refractivity contribution in [3.8, 4) is 17.5 Å². The molecule has 0 saturated carbocycles. The highest BCUT2D eigenvalue weighted by Gasteiger charge is 2.33. The summed E-state index contributed by atoms with van der Waals surface area (Å²) in [5.41, 5.74) is 1.53. The van der Waals surface area contributed by atoms with Gasteiger partial charge in [0.25, 0.3) is 15.1 Å². The summed E-state index contributed by atoms with van der Waals surface area (Å²) in [5.74, 6) is 0.150. The summed E-state index contributed by atoms with van der Waals surface area (Å²) in [5, 5.41) is 8.88. The maximum atomic E-state index is 12.7. The van der Waals surface area contributed by atoms with Gasteiger partial charge < -0.3 is 4.42 Å². The van der Waals surface area contributed by atoms with E-state index in [0.717, 1.165) is 24.8 Å². The molecule has 1 aromatic carbocycles. The van der Waals surface area contributed by atoms with Gasteiger partial charge in [-0.3, -0.25) is 0 Å². The minimum Gasteiger partial charge on any atom is -0.422 e. The van der Waals surface area contributed by atoms with Crippen LogP contribution < -0.4 is 0 Å². The van der Waals surface area contributed by atoms with Gasteiger partial charge in [-0.15, -0.1) is 0 Å². The lowest BCUT2D eigenvalue weighted by Gasteiger charge is -2.24. The van der Waals surface area contributed by atoms with Crippen LogP contribution in [0, 0.1) is 18.3 Å². The minimum absolute atomic E-state index is 0.150. The van der Waals surface area contributed by atoms with E-state index in [1.807, 2.05) is 25.1 Å². The first kappa shape index (κ1) is 15.7. The van der Waals surface area contributed by atoms with Crippen molar-refractivity contribution in [3.63, 3.8) is 0 Å². The summed E-state index contributed by atoms with van der Waals surface area (Å²) in [7, 11) is -3.82. The van der Waals surface area contributed by atoms with E-state index in [0.29, 0.717) is 18.7 Å². The van der Waals surface area contributed by atoms with Crippen molar-refractivity contribution in [2.75, 3.05) is 13.1 Å². The molecular weight excluding hydrogens is 314 g/mol. The van der Waals surface area contributed by atoms with E-state index in [-0.39, 0.29) is 16.7 Å². The van der Waals surface area contributed by atoms with E-state index in [1.165, 1.54) is 4.31 Å². The molecule has 0 spiro atoms. The highest BCUT2D eigenvalue weighted by Crippen LogP contribution is 2.28. The maximum Gasteiger partial charge on any atom is 0.279 e. The average molecular weight is 331 g/mol. The van der Waals surface area contributed by atoms with Gasteiger partial charge in [-0.1, -0.05) is 24.1 Å². The molecule has 23 heavy (non-hydrogen) atoms. The molecule has 1 aliphatic rings. The Morgan fingerprint density at radius 3 is 2.43 bits per heavy atom. The van der Waals surface area contributed by atoms with Crippen LogP contribution in [-0.2, 0) is 10.0 Å². The number of sulfonamides is 1. The smallest absolute Gasteiger partial charge is 0.279 e. The SMILES string of the molecule is Cc1ccc(-c2nc(C#N)c(S(=O)(=O)N3CCCCC3)o2)cc1. The monoisotopic (exact) mass is 331 g/mol. The number of nitriles is 1. The first-order valence-electron chi connectivity index (χ1n) is 7.50. The molecule has 120 valence electrons. The number of rotatable bonds is 3. The maximum absolute atomic E-state index is 12.7. The Labute approximate surface area is 135 Å². The molecule has 1 fully saturated rings. The summed E-state index contributed by atoms with van der Waals surface area (Å²) < 4.78 is 32.3. The van der Waals surface area contributed by atoms with Crippen LogP contribution in [-0.4, -0.2) is 30.8 Å². The van der Waals surface area contributed by atoms with Crippen LogP contribution >= 0.6 is 0 Å². The predicted molar refractivity (Wildman–Crippen MR) is 84.0 cm³/mol. The van der Waals surface area contributed by atoms with E-state index in [9.17, 15) is 13.7 Å². The number of aromatic nitrogens is 1. The molecule has 0 N–H and O–H groups in total. The van der Waals surface area contributed by atoms with E-state index in [2.05, 4.69) is 4.98 Å². The first-order valence-corrected chi connectivity index (χ1v) is 8.94. The molecule has 1 saturated heterocycles. The van der Waals surface area contributed by atoms with Crippen molar-refractivity contribution in [3.05, 3.63) is 35.5 Å². The summed E-state index contributed by atoms with van der Waals surface area (Å²) in [6, 6.07) is 9.17. The lowest BCUT2D eigenvalue weighted by atomic mass is 10.1. The third kappa shape index (κ3) is 3.00. The Morgan fingerprint density at radius 1 is 1.17 bits per heavy atom. The summed E-state index contributed by atoms with van der Waals surface area (Å²) >= 11 is 0. The average Bonchev–Trinajstić information content (AvgIpc) is 3.01. The molecule has 6 nitrogen and oxygen atoms in total. The Bertz CT molecular complexity index is 842. The molecule has 2 heterocycles. The third-order valence-electron chi connectivity index (χ3n) is 3.89. The van der Waals surface area contributed by atoms with Gasteiger partial charge in [-0.05, 0) is 31.9 Å². The van der Waals surface area contributed by atoms with Crippen molar-refractivity contribution in [1.29, 1.82) is 5.26 Å². The van der Waals surface area contributed by atoms with Gasteiger partial charge in [0, 0.05) is 18.7 Å². The van der Waals surface area contributed by atoms with Crippen molar-refractivity contribution < 1.29 is 12.8 Å². The van der Waals surface area contributed by atoms with Gasteiger partial charge >= 0.3 is 0 Å². The largest absolute Gasteiger partial charge is 0.422 e. The Hall–Kier alpha value is -2.17. The van der Waals surface area contributed by atoms with Crippen LogP contribution in [0.25, 0.3) is 11.5 Å². The van der Waals surface area contributed by atoms with Crippen LogP contribution in [0.2, 0.25) is 0 Å². The fourth-order valence-electron chi connectivity index (χ4n) is 2.59. The van der Waals surface area contributed by atoms with E-state index in [4.69, 9.17) is 4.42 Å². The number of hydrogen-bond acceptors (Lipinski definition) is 5. The predicted octanol–water partition coefficient (Wildman–Crippen LogP) is 2.70. The van der Waals surface area contributed by atoms with Crippen LogP contribution in [0.4, 0.5) is 0 Å². The lowest BCUT2D eigenvalue weighted by Crippen LogP contribution is -2.35. The zero-order valence-corrected chi connectivity index (χ0v) is 13.6. The van der Waals surface area contributed by atoms with Gasteiger partial charge in [-0.2, -0.15) is 14.6 Å². The molecule has 0 aliphatic carbocycles. The standard InChI is InChI=1S/C16H17N3O3S/c1-12-5-7-13(8-6-12)15-18-14(11-17)16(22-15)23(20,21)19-9-3-2-4-10-19/h5-8H,2-4,9-10H2,1H3. The Balaban J connectivity index is 2.02. The van der Waals surface area contributed by atoms with Crippen LogP contribution in [0.15, 0.2) is 33.8 Å². The van der Waals surface area contributed by atoms with Crippen LogP contribution in [0.5, 0.6) is 0 Å². The van der Waals surface area contributed by atoms with Crippen LogP contribution in [0.1, 0.15) is 30.5 Å². The van der Waals surface area contributed by atoms with Gasteiger partial charge in [-0.25, -0.2) is 8.42 Å². The molecule has 0 unspecified atom stereocenters. The van der Waals surface area contributed by atoms with Crippen molar-refractivity contribution in [1.82, 2.24) is 9.29 Å². The van der Waals surface area contributed by atoms with Gasteiger partial charge in [0.1, 0.15) is 6.07 Å². The molecule has 0 radical (unpaired) electrons. The fourth-order valence-corrected chi connectivity index (χ4v) is 4.09. The third-order valence-corrected chi connectivity index (χ3v) is 5.68. The van der Waals surface area contributed by atoms with E-state index < -0.39 is 10.0 Å². The zero-order valence-electron chi connectivity index (χ0n) is 12.8. The molecule has 1 aromatic heterocycles. The summed E-state index contributed by atoms with van der Waals surface area (Å²) in [6.07, 6.45) is 2.66. The molecular formula is C16H17N3O3S. The highest BCUT2D eigenvalue weighted by molar-refractivity contribution is 7.89.